The largest absolute Gasteiger partial charge is 0.341 e. The van der Waals surface area contributed by atoms with E-state index < -0.39 is 0 Å². The van der Waals surface area contributed by atoms with E-state index in [0.717, 1.165) is 10.0 Å². The Balaban J connectivity index is 1.63. The summed E-state index contributed by atoms with van der Waals surface area (Å²) in [5.41, 5.74) is 1.58. The zero-order chi connectivity index (χ0) is 19.6. The molecular formula is C20H23BrFN3O2. The average Bonchev–Trinajstić information content (AvgIpc) is 2.65. The van der Waals surface area contributed by atoms with Gasteiger partial charge in [0.05, 0.1) is 0 Å². The Morgan fingerprint density at radius 2 is 1.78 bits per heavy atom. The first-order valence-electron chi connectivity index (χ1n) is 8.69. The molecule has 0 heterocycles. The molecule has 0 aliphatic rings. The van der Waals surface area contributed by atoms with E-state index in [4.69, 9.17) is 0 Å². The third-order valence-corrected chi connectivity index (χ3v) is 4.49. The summed E-state index contributed by atoms with van der Waals surface area (Å²) < 4.78 is 14.4. The first-order valence-corrected chi connectivity index (χ1v) is 9.48. The number of benzene rings is 2. The molecule has 0 bridgehead atoms. The van der Waals surface area contributed by atoms with Gasteiger partial charge in [0.2, 0.25) is 5.91 Å². The van der Waals surface area contributed by atoms with Crippen LogP contribution in [0.2, 0.25) is 0 Å². The van der Waals surface area contributed by atoms with Gasteiger partial charge in [-0.2, -0.15) is 0 Å². The summed E-state index contributed by atoms with van der Waals surface area (Å²) in [6.45, 7) is 1.08. The molecule has 0 saturated carbocycles. The molecule has 0 aromatic heterocycles. The minimum Gasteiger partial charge on any atom is -0.341 e. The fraction of sp³-hybridized carbons (Fsp3) is 0.300. The maximum absolute atomic E-state index is 13.6. The molecule has 2 rings (SSSR count). The third kappa shape index (κ3) is 7.38. The monoisotopic (exact) mass is 435 g/mol. The zero-order valence-electron chi connectivity index (χ0n) is 15.2. The zero-order valence-corrected chi connectivity index (χ0v) is 16.8. The van der Waals surface area contributed by atoms with E-state index >= 15 is 0 Å². The maximum Gasteiger partial charge on any atom is 0.314 e. The van der Waals surface area contributed by atoms with Crippen molar-refractivity contribution in [1.29, 1.82) is 0 Å². The second-order valence-corrected chi connectivity index (χ2v) is 7.07. The predicted octanol–water partition coefficient (Wildman–Crippen LogP) is 3.48. The Morgan fingerprint density at radius 1 is 1.07 bits per heavy atom. The van der Waals surface area contributed by atoms with Crippen molar-refractivity contribution in [2.75, 3.05) is 20.1 Å². The summed E-state index contributed by atoms with van der Waals surface area (Å²) in [4.78, 5) is 25.5. The normalized spacial score (nSPS) is 10.3. The van der Waals surface area contributed by atoms with E-state index in [1.165, 1.54) is 6.07 Å². The van der Waals surface area contributed by atoms with Crippen LogP contribution in [-0.4, -0.2) is 37.0 Å². The van der Waals surface area contributed by atoms with Crippen LogP contribution in [0.1, 0.15) is 17.5 Å². The summed E-state index contributed by atoms with van der Waals surface area (Å²) in [6, 6.07) is 14.0. The molecule has 0 radical (unpaired) electrons. The van der Waals surface area contributed by atoms with Crippen LogP contribution in [-0.2, 0) is 17.8 Å². The lowest BCUT2D eigenvalue weighted by Crippen LogP contribution is -2.39. The highest BCUT2D eigenvalue weighted by atomic mass is 79.9. The van der Waals surface area contributed by atoms with Gasteiger partial charge in [0.15, 0.2) is 0 Å². The summed E-state index contributed by atoms with van der Waals surface area (Å²) in [7, 11) is 1.74. The number of carbonyl (C=O) groups excluding carboxylic acids is 2. The molecule has 2 N–H and O–H groups in total. The Morgan fingerprint density at radius 3 is 2.52 bits per heavy atom. The van der Waals surface area contributed by atoms with Crippen LogP contribution in [0, 0.1) is 5.82 Å². The summed E-state index contributed by atoms with van der Waals surface area (Å²) in [6.07, 6.45) is 0.606. The first kappa shape index (κ1) is 20.9. The molecule has 0 spiro atoms. The SMILES string of the molecule is CN(Cc1ccccc1)C(=O)CCNC(=O)NCCc1cc(Br)ccc1F. The predicted molar refractivity (Wildman–Crippen MR) is 107 cm³/mol. The number of urea groups is 1. The van der Waals surface area contributed by atoms with E-state index in [1.807, 2.05) is 30.3 Å². The lowest BCUT2D eigenvalue weighted by molar-refractivity contribution is -0.130. The first-order chi connectivity index (χ1) is 13.0. The molecule has 144 valence electrons. The Bertz CT molecular complexity index is 771. The van der Waals surface area contributed by atoms with Crippen molar-refractivity contribution in [3.8, 4) is 0 Å². The van der Waals surface area contributed by atoms with Gasteiger partial charge in [0.25, 0.3) is 0 Å². The molecule has 27 heavy (non-hydrogen) atoms. The lowest BCUT2D eigenvalue weighted by Gasteiger charge is -2.17. The second kappa shape index (κ2) is 10.7. The molecule has 0 saturated heterocycles. The van der Waals surface area contributed by atoms with Gasteiger partial charge in [-0.1, -0.05) is 46.3 Å². The van der Waals surface area contributed by atoms with Gasteiger partial charge < -0.3 is 15.5 Å². The summed E-state index contributed by atoms with van der Waals surface area (Å²) in [5.74, 6) is -0.345. The highest BCUT2D eigenvalue weighted by Crippen LogP contribution is 2.15. The quantitative estimate of drug-likeness (QED) is 0.666. The number of halogens is 2. The topological polar surface area (TPSA) is 61.4 Å². The molecule has 0 aliphatic carbocycles. The molecule has 2 aromatic rings. The minimum absolute atomic E-state index is 0.0460. The van der Waals surface area contributed by atoms with Crippen LogP contribution in [0.15, 0.2) is 53.0 Å². The van der Waals surface area contributed by atoms with Gasteiger partial charge in [-0.3, -0.25) is 4.79 Å². The van der Waals surface area contributed by atoms with Gasteiger partial charge in [0, 0.05) is 37.6 Å². The van der Waals surface area contributed by atoms with Crippen molar-refractivity contribution < 1.29 is 14.0 Å². The van der Waals surface area contributed by atoms with Crippen LogP contribution in [0.25, 0.3) is 0 Å². The van der Waals surface area contributed by atoms with Gasteiger partial charge in [-0.05, 0) is 35.7 Å². The third-order valence-electron chi connectivity index (χ3n) is 4.00. The van der Waals surface area contributed by atoms with Crippen molar-refractivity contribution >= 4 is 27.9 Å². The minimum atomic E-state index is -0.371. The highest BCUT2D eigenvalue weighted by Gasteiger charge is 2.10. The van der Waals surface area contributed by atoms with E-state index in [-0.39, 0.29) is 30.7 Å². The Labute approximate surface area is 167 Å². The average molecular weight is 436 g/mol. The molecular weight excluding hydrogens is 413 g/mol. The van der Waals surface area contributed by atoms with Crippen molar-refractivity contribution in [2.24, 2.45) is 0 Å². The van der Waals surface area contributed by atoms with Gasteiger partial charge in [-0.25, -0.2) is 9.18 Å². The van der Waals surface area contributed by atoms with E-state index in [0.29, 0.717) is 25.1 Å². The number of nitrogens with one attached hydrogen (secondary N) is 2. The van der Waals surface area contributed by atoms with E-state index in [2.05, 4.69) is 26.6 Å². The molecule has 7 heteroatoms. The Kier molecular flexibility index (Phi) is 8.26. The van der Waals surface area contributed by atoms with E-state index in [1.54, 1.807) is 24.1 Å². The van der Waals surface area contributed by atoms with E-state index in [9.17, 15) is 14.0 Å². The number of hydrogen-bond acceptors (Lipinski definition) is 2. The van der Waals surface area contributed by atoms with Crippen molar-refractivity contribution in [2.45, 2.75) is 19.4 Å². The van der Waals surface area contributed by atoms with Crippen LogP contribution < -0.4 is 10.6 Å². The maximum atomic E-state index is 13.6. The van der Waals surface area contributed by atoms with Crippen molar-refractivity contribution in [3.05, 3.63) is 69.9 Å². The molecule has 0 unspecified atom stereocenters. The van der Waals surface area contributed by atoms with Crippen LogP contribution in [0.4, 0.5) is 9.18 Å². The van der Waals surface area contributed by atoms with Gasteiger partial charge >= 0.3 is 6.03 Å². The fourth-order valence-electron chi connectivity index (χ4n) is 2.53. The molecule has 3 amide bonds. The second-order valence-electron chi connectivity index (χ2n) is 6.15. The molecule has 2 aromatic carbocycles. The highest BCUT2D eigenvalue weighted by molar-refractivity contribution is 9.10. The molecule has 0 aliphatic heterocycles. The lowest BCUT2D eigenvalue weighted by atomic mass is 10.1. The van der Waals surface area contributed by atoms with Gasteiger partial charge in [0.1, 0.15) is 5.82 Å². The Hall–Kier alpha value is -2.41. The van der Waals surface area contributed by atoms with Crippen LogP contribution in [0.5, 0.6) is 0 Å². The number of rotatable bonds is 8. The number of hydrogen-bond donors (Lipinski definition) is 2. The molecule has 0 atom stereocenters. The van der Waals surface area contributed by atoms with Gasteiger partial charge in [-0.15, -0.1) is 0 Å². The van der Waals surface area contributed by atoms with Crippen LogP contribution >= 0.6 is 15.9 Å². The van der Waals surface area contributed by atoms with Crippen LogP contribution in [0.3, 0.4) is 0 Å². The number of nitrogens with zero attached hydrogens (tertiary/aromatic N) is 1. The van der Waals surface area contributed by atoms with Crippen molar-refractivity contribution in [1.82, 2.24) is 15.5 Å². The fourth-order valence-corrected chi connectivity index (χ4v) is 2.94. The number of carbonyl (C=O) groups is 2. The summed E-state index contributed by atoms with van der Waals surface area (Å²) >= 11 is 3.29. The standard InChI is InChI=1S/C20H23BrFN3O2/c1-25(14-15-5-3-2-4-6-15)19(26)10-12-24-20(27)23-11-9-16-13-17(21)7-8-18(16)22/h2-8,13H,9-12,14H2,1H3,(H2,23,24,27). The number of amides is 3. The van der Waals surface area contributed by atoms with Crippen molar-refractivity contribution in [3.63, 3.8) is 0 Å². The molecule has 0 fully saturated rings. The summed E-state index contributed by atoms with van der Waals surface area (Å²) in [5, 5.41) is 5.31. The smallest absolute Gasteiger partial charge is 0.314 e. The molecule has 5 nitrogen and oxygen atoms in total.